The molecule has 3 aromatic rings. The molecule has 5 heteroatoms. The van der Waals surface area contributed by atoms with E-state index in [1.807, 2.05) is 35.1 Å². The second-order valence-electron chi connectivity index (χ2n) is 4.54. The van der Waals surface area contributed by atoms with Gasteiger partial charge in [-0.05, 0) is 30.3 Å². The Morgan fingerprint density at radius 1 is 1.15 bits per heavy atom. The van der Waals surface area contributed by atoms with E-state index >= 15 is 0 Å². The fraction of sp³-hybridized carbons (Fsp3) is 0.133. The van der Waals surface area contributed by atoms with Crippen LogP contribution in [0.2, 0.25) is 0 Å². The highest BCUT2D eigenvalue weighted by Gasteiger charge is 2.05. The van der Waals surface area contributed by atoms with Gasteiger partial charge < -0.3 is 5.32 Å². The predicted molar refractivity (Wildman–Crippen MR) is 79.8 cm³/mol. The van der Waals surface area contributed by atoms with Gasteiger partial charge in [-0.25, -0.2) is 8.91 Å². The molecule has 3 rings (SSSR count). The first kappa shape index (κ1) is 13.3. The summed E-state index contributed by atoms with van der Waals surface area (Å²) in [6, 6.07) is 10.9. The second kappa shape index (κ2) is 5.73. The Balaban J connectivity index is 1.69. The van der Waals surface area contributed by atoms with Crippen molar-refractivity contribution < 1.29 is 4.39 Å². The molecule has 0 atom stereocenters. The third-order valence-electron chi connectivity index (χ3n) is 3.14. The largest absolute Gasteiger partial charge is 0.308 e. The van der Waals surface area contributed by atoms with Crippen molar-refractivity contribution in [2.75, 3.05) is 0 Å². The Morgan fingerprint density at radius 3 is 2.90 bits per heavy atom. The molecule has 0 aliphatic rings. The summed E-state index contributed by atoms with van der Waals surface area (Å²) < 4.78 is 16.3. The first-order chi connectivity index (χ1) is 9.74. The Bertz CT molecular complexity index is 739. The van der Waals surface area contributed by atoms with Crippen molar-refractivity contribution >= 4 is 21.4 Å². The van der Waals surface area contributed by atoms with Crippen molar-refractivity contribution in [2.45, 2.75) is 13.1 Å². The molecule has 2 heterocycles. The van der Waals surface area contributed by atoms with Gasteiger partial charge in [0.1, 0.15) is 5.82 Å². The van der Waals surface area contributed by atoms with Crippen LogP contribution >= 0.6 is 15.9 Å². The van der Waals surface area contributed by atoms with Gasteiger partial charge in [-0.2, -0.15) is 5.10 Å². The third kappa shape index (κ3) is 2.73. The van der Waals surface area contributed by atoms with Crippen LogP contribution in [-0.4, -0.2) is 9.61 Å². The van der Waals surface area contributed by atoms with E-state index in [1.165, 1.54) is 6.07 Å². The van der Waals surface area contributed by atoms with E-state index in [9.17, 15) is 4.39 Å². The van der Waals surface area contributed by atoms with Crippen LogP contribution in [-0.2, 0) is 13.1 Å². The predicted octanol–water partition coefficient (Wildman–Crippen LogP) is 3.53. The minimum Gasteiger partial charge on any atom is -0.308 e. The van der Waals surface area contributed by atoms with Crippen LogP contribution < -0.4 is 5.32 Å². The molecule has 0 saturated heterocycles. The molecule has 1 aromatic carbocycles. The fourth-order valence-corrected chi connectivity index (χ4v) is 2.54. The van der Waals surface area contributed by atoms with E-state index in [2.05, 4.69) is 26.3 Å². The molecule has 102 valence electrons. The van der Waals surface area contributed by atoms with E-state index in [4.69, 9.17) is 0 Å². The van der Waals surface area contributed by atoms with Gasteiger partial charge in [0.2, 0.25) is 0 Å². The van der Waals surface area contributed by atoms with E-state index < -0.39 is 0 Å². The summed E-state index contributed by atoms with van der Waals surface area (Å²) in [6.45, 7) is 1.13. The Labute approximate surface area is 124 Å². The molecule has 3 nitrogen and oxygen atoms in total. The monoisotopic (exact) mass is 333 g/mol. The summed E-state index contributed by atoms with van der Waals surface area (Å²) in [5.41, 5.74) is 2.81. The minimum atomic E-state index is -0.194. The number of nitrogens with zero attached hydrogens (tertiary/aromatic N) is 2. The highest BCUT2D eigenvalue weighted by atomic mass is 79.9. The molecule has 0 saturated carbocycles. The van der Waals surface area contributed by atoms with Gasteiger partial charge in [0.25, 0.3) is 0 Å². The average molecular weight is 334 g/mol. The van der Waals surface area contributed by atoms with Gasteiger partial charge in [-0.1, -0.05) is 22.0 Å². The van der Waals surface area contributed by atoms with Gasteiger partial charge in [-0.3, -0.25) is 0 Å². The Kier molecular flexibility index (Phi) is 3.80. The number of halogens is 2. The molecule has 0 unspecified atom stereocenters. The van der Waals surface area contributed by atoms with Crippen molar-refractivity contribution in [3.05, 3.63) is 70.2 Å². The maximum Gasteiger partial charge on any atom is 0.127 e. The molecule has 20 heavy (non-hydrogen) atoms. The second-order valence-corrected chi connectivity index (χ2v) is 5.46. The van der Waals surface area contributed by atoms with Crippen LogP contribution in [0.3, 0.4) is 0 Å². The van der Waals surface area contributed by atoms with E-state index in [0.29, 0.717) is 18.7 Å². The van der Waals surface area contributed by atoms with Gasteiger partial charge in [0, 0.05) is 34.9 Å². The lowest BCUT2D eigenvalue weighted by molar-refractivity contribution is 0.588. The van der Waals surface area contributed by atoms with Crippen molar-refractivity contribution in [1.29, 1.82) is 0 Å². The topological polar surface area (TPSA) is 29.3 Å². The van der Waals surface area contributed by atoms with Crippen molar-refractivity contribution in [1.82, 2.24) is 14.9 Å². The van der Waals surface area contributed by atoms with Crippen LogP contribution in [0.1, 0.15) is 11.1 Å². The molecule has 0 aliphatic heterocycles. The molecule has 1 N–H and O–H groups in total. The van der Waals surface area contributed by atoms with E-state index in [-0.39, 0.29) is 5.82 Å². The van der Waals surface area contributed by atoms with Gasteiger partial charge >= 0.3 is 0 Å². The standard InChI is InChI=1S/C15H13BrFN3/c16-13-4-5-14(17)11(7-13)8-18-9-12-10-19-20-6-2-1-3-15(12)20/h1-7,10,18H,8-9H2. The van der Waals surface area contributed by atoms with E-state index in [1.54, 1.807) is 12.1 Å². The zero-order chi connectivity index (χ0) is 13.9. The van der Waals surface area contributed by atoms with Crippen LogP contribution in [0.5, 0.6) is 0 Å². The molecular weight excluding hydrogens is 321 g/mol. The molecular formula is C15H13BrFN3. The van der Waals surface area contributed by atoms with Crippen LogP contribution in [0.25, 0.3) is 5.52 Å². The first-order valence-corrected chi connectivity index (χ1v) is 7.09. The lowest BCUT2D eigenvalue weighted by atomic mass is 10.2. The number of rotatable bonds is 4. The summed E-state index contributed by atoms with van der Waals surface area (Å²) in [5, 5.41) is 7.52. The quantitative estimate of drug-likeness (QED) is 0.791. The SMILES string of the molecule is Fc1ccc(Br)cc1CNCc1cnn2ccccc12. The number of hydrogen-bond donors (Lipinski definition) is 1. The number of benzene rings is 1. The molecule has 0 fully saturated rings. The molecule has 0 spiro atoms. The molecule has 2 aromatic heterocycles. The average Bonchev–Trinajstić information content (AvgIpc) is 2.86. The molecule has 0 radical (unpaired) electrons. The van der Waals surface area contributed by atoms with Crippen molar-refractivity contribution in [3.63, 3.8) is 0 Å². The van der Waals surface area contributed by atoms with Gasteiger partial charge in [0.15, 0.2) is 0 Å². The smallest absolute Gasteiger partial charge is 0.127 e. The maximum atomic E-state index is 13.6. The normalized spacial score (nSPS) is 11.1. The zero-order valence-corrected chi connectivity index (χ0v) is 12.3. The van der Waals surface area contributed by atoms with Gasteiger partial charge in [0.05, 0.1) is 11.7 Å². The van der Waals surface area contributed by atoms with E-state index in [0.717, 1.165) is 15.6 Å². The number of nitrogens with one attached hydrogen (secondary N) is 1. The van der Waals surface area contributed by atoms with Crippen molar-refractivity contribution in [2.24, 2.45) is 0 Å². The lowest BCUT2D eigenvalue weighted by Gasteiger charge is -2.06. The minimum absolute atomic E-state index is 0.194. The van der Waals surface area contributed by atoms with Crippen LogP contribution in [0.4, 0.5) is 4.39 Å². The third-order valence-corrected chi connectivity index (χ3v) is 3.64. The summed E-state index contributed by atoms with van der Waals surface area (Å²) in [7, 11) is 0. The number of pyridine rings is 1. The highest BCUT2D eigenvalue weighted by molar-refractivity contribution is 9.10. The number of fused-ring (bicyclic) bond motifs is 1. The summed E-state index contributed by atoms with van der Waals surface area (Å²) in [4.78, 5) is 0. The summed E-state index contributed by atoms with van der Waals surface area (Å²) in [5.74, 6) is -0.194. The summed E-state index contributed by atoms with van der Waals surface area (Å²) >= 11 is 3.35. The Morgan fingerprint density at radius 2 is 2.00 bits per heavy atom. The Hall–Kier alpha value is -1.72. The summed E-state index contributed by atoms with van der Waals surface area (Å²) in [6.07, 6.45) is 3.74. The number of aromatic nitrogens is 2. The molecule has 0 amide bonds. The van der Waals surface area contributed by atoms with Crippen molar-refractivity contribution in [3.8, 4) is 0 Å². The van der Waals surface area contributed by atoms with Crippen LogP contribution in [0, 0.1) is 5.82 Å². The maximum absolute atomic E-state index is 13.6. The number of hydrogen-bond acceptors (Lipinski definition) is 2. The highest BCUT2D eigenvalue weighted by Crippen LogP contribution is 2.16. The zero-order valence-electron chi connectivity index (χ0n) is 10.7. The molecule has 0 bridgehead atoms. The lowest BCUT2D eigenvalue weighted by Crippen LogP contribution is -2.13. The first-order valence-electron chi connectivity index (χ1n) is 6.30. The fourth-order valence-electron chi connectivity index (χ4n) is 2.13. The van der Waals surface area contributed by atoms with Crippen LogP contribution in [0.15, 0.2) is 53.3 Å². The van der Waals surface area contributed by atoms with Gasteiger partial charge in [-0.15, -0.1) is 0 Å². The molecule has 0 aliphatic carbocycles.